The van der Waals surface area contributed by atoms with E-state index in [0.29, 0.717) is 19.2 Å². The normalized spacial score (nSPS) is 14.2. The highest BCUT2D eigenvalue weighted by molar-refractivity contribution is 5.38. The van der Waals surface area contributed by atoms with Gasteiger partial charge in [-0.3, -0.25) is 0 Å². The molecule has 1 heterocycles. The Morgan fingerprint density at radius 3 is 2.74 bits per heavy atom. The maximum absolute atomic E-state index is 9.69. The predicted molar refractivity (Wildman–Crippen MR) is 77.5 cm³/mol. The number of hydrogen-bond donors (Lipinski definition) is 2. The Morgan fingerprint density at radius 2 is 2.21 bits per heavy atom. The number of aliphatic hydroxyl groups excluding tert-OH is 1. The predicted octanol–water partition coefficient (Wildman–Crippen LogP) is 1.20. The van der Waals surface area contributed by atoms with E-state index in [9.17, 15) is 5.11 Å². The second-order valence-corrected chi connectivity index (χ2v) is 4.72. The summed E-state index contributed by atoms with van der Waals surface area (Å²) in [5, 5.41) is 13.0. The first-order chi connectivity index (χ1) is 9.08. The Labute approximate surface area is 115 Å². The maximum atomic E-state index is 9.69. The maximum Gasteiger partial charge on any atom is 0.128 e. The zero-order chi connectivity index (χ0) is 14.3. The molecule has 0 aromatic carbocycles. The summed E-state index contributed by atoms with van der Waals surface area (Å²) in [6, 6.07) is 4.34. The van der Waals surface area contributed by atoms with Crippen molar-refractivity contribution in [2.24, 2.45) is 0 Å². The second kappa shape index (κ2) is 8.09. The number of ether oxygens (including phenoxy) is 1. The molecule has 1 aromatic heterocycles. The summed E-state index contributed by atoms with van der Waals surface area (Å²) in [5.74, 6) is 0.850. The fourth-order valence-corrected chi connectivity index (χ4v) is 1.96. The van der Waals surface area contributed by atoms with Crippen molar-refractivity contribution >= 4 is 5.82 Å². The molecule has 2 N–H and O–H groups in total. The molecule has 0 spiro atoms. The van der Waals surface area contributed by atoms with Gasteiger partial charge in [0.25, 0.3) is 0 Å². The van der Waals surface area contributed by atoms with Crippen LogP contribution in [0.25, 0.3) is 0 Å². The number of rotatable bonds is 8. The Hall–Kier alpha value is -1.17. The van der Waals surface area contributed by atoms with Gasteiger partial charge in [-0.2, -0.15) is 0 Å². The van der Waals surface area contributed by atoms with Gasteiger partial charge in [0.15, 0.2) is 0 Å². The van der Waals surface area contributed by atoms with Crippen LogP contribution >= 0.6 is 0 Å². The summed E-state index contributed by atoms with van der Waals surface area (Å²) < 4.78 is 4.91. The second-order valence-electron chi connectivity index (χ2n) is 4.72. The average molecular weight is 267 g/mol. The first-order valence-electron chi connectivity index (χ1n) is 6.66. The lowest BCUT2D eigenvalue weighted by Crippen LogP contribution is -2.32. The van der Waals surface area contributed by atoms with Crippen molar-refractivity contribution in [3.8, 4) is 0 Å². The molecule has 2 atom stereocenters. The zero-order valence-electron chi connectivity index (χ0n) is 12.3. The van der Waals surface area contributed by atoms with Crippen LogP contribution in [0.3, 0.4) is 0 Å². The topological polar surface area (TPSA) is 57.6 Å². The summed E-state index contributed by atoms with van der Waals surface area (Å²) in [4.78, 5) is 6.35. The van der Waals surface area contributed by atoms with Crippen LogP contribution in [0.5, 0.6) is 0 Å². The highest BCUT2D eigenvalue weighted by Crippen LogP contribution is 2.15. The van der Waals surface area contributed by atoms with Crippen LogP contribution in [0.2, 0.25) is 0 Å². The Kier molecular flexibility index (Phi) is 6.77. The number of methoxy groups -OCH3 is 1. The van der Waals surface area contributed by atoms with Crippen LogP contribution in [0.4, 0.5) is 5.82 Å². The van der Waals surface area contributed by atoms with Crippen molar-refractivity contribution in [3.63, 3.8) is 0 Å². The van der Waals surface area contributed by atoms with E-state index in [1.807, 2.05) is 24.2 Å². The van der Waals surface area contributed by atoms with E-state index in [1.165, 1.54) is 0 Å². The van der Waals surface area contributed by atoms with Crippen LogP contribution in [0.1, 0.15) is 25.5 Å². The van der Waals surface area contributed by atoms with E-state index in [4.69, 9.17) is 4.74 Å². The molecule has 0 amide bonds. The number of pyridine rings is 1. The molecule has 0 saturated carbocycles. The molecule has 0 fully saturated rings. The van der Waals surface area contributed by atoms with Gasteiger partial charge in [0.05, 0.1) is 12.7 Å². The highest BCUT2D eigenvalue weighted by atomic mass is 16.5. The molecule has 1 aromatic rings. The molecule has 0 aliphatic carbocycles. The molecule has 2 unspecified atom stereocenters. The summed E-state index contributed by atoms with van der Waals surface area (Å²) in [6.07, 6.45) is 1.37. The smallest absolute Gasteiger partial charge is 0.128 e. The monoisotopic (exact) mass is 267 g/mol. The van der Waals surface area contributed by atoms with Crippen LogP contribution in [-0.4, -0.2) is 50.0 Å². The molecular weight excluding hydrogens is 242 g/mol. The SMILES string of the molecule is CCNC(C)c1ccc(N(C)CC(O)COC)nc1. The third-order valence-electron chi connectivity index (χ3n) is 3.02. The number of aromatic nitrogens is 1. The highest BCUT2D eigenvalue weighted by Gasteiger charge is 2.10. The third kappa shape index (κ3) is 5.14. The molecular formula is C14H25N3O2. The van der Waals surface area contributed by atoms with Crippen molar-refractivity contribution < 1.29 is 9.84 Å². The van der Waals surface area contributed by atoms with Gasteiger partial charge in [0.1, 0.15) is 5.82 Å². The van der Waals surface area contributed by atoms with Crippen molar-refractivity contribution in [1.82, 2.24) is 10.3 Å². The van der Waals surface area contributed by atoms with Gasteiger partial charge in [-0.25, -0.2) is 4.98 Å². The molecule has 5 heteroatoms. The quantitative estimate of drug-likeness (QED) is 0.741. The Morgan fingerprint density at radius 1 is 1.47 bits per heavy atom. The largest absolute Gasteiger partial charge is 0.389 e. The molecule has 19 heavy (non-hydrogen) atoms. The van der Waals surface area contributed by atoms with E-state index in [0.717, 1.165) is 17.9 Å². The van der Waals surface area contributed by atoms with Gasteiger partial charge in [0, 0.05) is 32.9 Å². The van der Waals surface area contributed by atoms with E-state index < -0.39 is 6.10 Å². The first kappa shape index (κ1) is 15.9. The summed E-state index contributed by atoms with van der Waals surface area (Å²) in [6.45, 7) is 5.98. The van der Waals surface area contributed by atoms with Crippen molar-refractivity contribution in [3.05, 3.63) is 23.9 Å². The van der Waals surface area contributed by atoms with Crippen LogP contribution in [0.15, 0.2) is 18.3 Å². The Bertz CT molecular complexity index is 356. The van der Waals surface area contributed by atoms with E-state index >= 15 is 0 Å². The van der Waals surface area contributed by atoms with Gasteiger partial charge in [-0.05, 0) is 25.1 Å². The lowest BCUT2D eigenvalue weighted by molar-refractivity contribution is 0.0694. The van der Waals surface area contributed by atoms with Crippen molar-refractivity contribution in [2.75, 3.05) is 38.8 Å². The first-order valence-corrected chi connectivity index (χ1v) is 6.66. The summed E-state index contributed by atoms with van der Waals surface area (Å²) in [5.41, 5.74) is 1.16. The van der Waals surface area contributed by atoms with Crippen molar-refractivity contribution in [1.29, 1.82) is 0 Å². The van der Waals surface area contributed by atoms with E-state index in [-0.39, 0.29) is 0 Å². The van der Waals surface area contributed by atoms with Gasteiger partial charge >= 0.3 is 0 Å². The Balaban J connectivity index is 2.60. The zero-order valence-corrected chi connectivity index (χ0v) is 12.3. The van der Waals surface area contributed by atoms with Gasteiger partial charge in [-0.15, -0.1) is 0 Å². The van der Waals surface area contributed by atoms with Crippen LogP contribution < -0.4 is 10.2 Å². The molecule has 1 rings (SSSR count). The number of hydrogen-bond acceptors (Lipinski definition) is 5. The molecule has 0 aliphatic rings. The number of aliphatic hydroxyl groups is 1. The number of anilines is 1. The lowest BCUT2D eigenvalue weighted by atomic mass is 10.1. The van der Waals surface area contributed by atoms with Crippen LogP contribution in [0, 0.1) is 0 Å². The summed E-state index contributed by atoms with van der Waals surface area (Å²) in [7, 11) is 3.49. The van der Waals surface area contributed by atoms with Gasteiger partial charge < -0.3 is 20.1 Å². The molecule has 108 valence electrons. The van der Waals surface area contributed by atoms with Crippen molar-refractivity contribution in [2.45, 2.75) is 26.0 Å². The van der Waals surface area contributed by atoms with E-state index in [1.54, 1.807) is 7.11 Å². The molecule has 0 saturated heterocycles. The lowest BCUT2D eigenvalue weighted by Gasteiger charge is -2.22. The van der Waals surface area contributed by atoms with Crippen LogP contribution in [-0.2, 0) is 4.74 Å². The molecule has 0 bridgehead atoms. The fourth-order valence-electron chi connectivity index (χ4n) is 1.96. The number of nitrogens with zero attached hydrogens (tertiary/aromatic N) is 2. The standard InChI is InChI=1S/C14H25N3O2/c1-5-15-11(2)12-6-7-14(16-8-12)17(3)9-13(18)10-19-4/h6-8,11,13,15,18H,5,9-10H2,1-4H3. The molecule has 5 nitrogen and oxygen atoms in total. The summed E-state index contributed by atoms with van der Waals surface area (Å²) >= 11 is 0. The number of nitrogens with one attached hydrogen (secondary N) is 1. The minimum Gasteiger partial charge on any atom is -0.389 e. The van der Waals surface area contributed by atoms with Gasteiger partial charge in [-0.1, -0.05) is 13.0 Å². The fraction of sp³-hybridized carbons (Fsp3) is 0.643. The number of likely N-dealkylation sites (N-methyl/N-ethyl adjacent to an activating group) is 1. The minimum absolute atomic E-state index is 0.302. The molecule has 0 aliphatic heterocycles. The van der Waals surface area contributed by atoms with Gasteiger partial charge in [0.2, 0.25) is 0 Å². The third-order valence-corrected chi connectivity index (χ3v) is 3.02. The average Bonchev–Trinajstić information content (AvgIpc) is 2.39. The van der Waals surface area contributed by atoms with E-state index in [2.05, 4.69) is 30.2 Å². The molecule has 0 radical (unpaired) electrons. The minimum atomic E-state index is -0.503.